The van der Waals surface area contributed by atoms with Crippen LogP contribution in [0.2, 0.25) is 0 Å². The minimum absolute atomic E-state index is 0.0566. The normalized spacial score (nSPS) is 31.9. The van der Waals surface area contributed by atoms with E-state index in [1.165, 1.54) is 0 Å². The van der Waals surface area contributed by atoms with E-state index in [9.17, 15) is 5.26 Å². The van der Waals surface area contributed by atoms with E-state index >= 15 is 0 Å². The van der Waals surface area contributed by atoms with E-state index in [1.54, 1.807) is 0 Å². The van der Waals surface area contributed by atoms with Crippen molar-refractivity contribution in [3.63, 3.8) is 0 Å². The third-order valence-electron chi connectivity index (χ3n) is 4.44. The van der Waals surface area contributed by atoms with Gasteiger partial charge in [0.1, 0.15) is 11.9 Å². The molecule has 5 nitrogen and oxygen atoms in total. The Morgan fingerprint density at radius 2 is 2.30 bits per heavy atom. The lowest BCUT2D eigenvalue weighted by Crippen LogP contribution is -2.69. The van der Waals surface area contributed by atoms with Gasteiger partial charge >= 0.3 is 0 Å². The molecule has 2 heterocycles. The molecule has 2 fully saturated rings. The first-order chi connectivity index (χ1) is 9.61. The fraction of sp³-hybridized carbons (Fsp3) is 0.600. The molecule has 1 aromatic rings. The zero-order chi connectivity index (χ0) is 14.3. The molecule has 2 aliphatic rings. The number of hydrogen-bond donors (Lipinski definition) is 2. The van der Waals surface area contributed by atoms with E-state index in [0.717, 1.165) is 30.7 Å². The van der Waals surface area contributed by atoms with Crippen LogP contribution in [0.3, 0.4) is 0 Å². The molecule has 3 N–H and O–H groups in total. The van der Waals surface area contributed by atoms with Crippen LogP contribution in [0.4, 0.5) is 5.82 Å². The molecule has 1 saturated carbocycles. The Labute approximate surface area is 119 Å². The van der Waals surface area contributed by atoms with Gasteiger partial charge in [0.15, 0.2) is 0 Å². The van der Waals surface area contributed by atoms with Crippen LogP contribution in [0.5, 0.6) is 0 Å². The van der Waals surface area contributed by atoms with Gasteiger partial charge in [0.2, 0.25) is 0 Å². The van der Waals surface area contributed by atoms with Crippen molar-refractivity contribution in [2.75, 3.05) is 11.9 Å². The lowest BCUT2D eigenvalue weighted by atomic mass is 9.68. The van der Waals surface area contributed by atoms with Crippen molar-refractivity contribution in [2.24, 2.45) is 11.7 Å². The molecule has 106 valence electrons. The van der Waals surface area contributed by atoms with E-state index in [0.29, 0.717) is 17.3 Å². The van der Waals surface area contributed by atoms with E-state index in [1.807, 2.05) is 19.9 Å². The molecule has 1 aliphatic carbocycles. The van der Waals surface area contributed by atoms with E-state index in [-0.39, 0.29) is 18.2 Å². The fourth-order valence-electron chi connectivity index (χ4n) is 3.37. The van der Waals surface area contributed by atoms with Crippen LogP contribution in [0.25, 0.3) is 0 Å². The summed E-state index contributed by atoms with van der Waals surface area (Å²) in [6.07, 6.45) is 2.38. The molecule has 1 aromatic heterocycles. The van der Waals surface area contributed by atoms with Gasteiger partial charge in [-0.25, -0.2) is 4.98 Å². The molecule has 0 bridgehead atoms. The summed E-state index contributed by atoms with van der Waals surface area (Å²) in [5.74, 6) is 1.08. The van der Waals surface area contributed by atoms with Gasteiger partial charge < -0.3 is 15.8 Å². The third-order valence-corrected chi connectivity index (χ3v) is 4.44. The van der Waals surface area contributed by atoms with Gasteiger partial charge in [-0.2, -0.15) is 5.26 Å². The summed E-state index contributed by atoms with van der Waals surface area (Å²) < 4.78 is 5.81. The third kappa shape index (κ3) is 2.05. The molecular formula is C15H20N4O. The van der Waals surface area contributed by atoms with Crippen molar-refractivity contribution < 1.29 is 4.74 Å². The molecule has 3 rings (SSSR count). The van der Waals surface area contributed by atoms with Gasteiger partial charge in [0.25, 0.3) is 0 Å². The maximum atomic E-state index is 9.30. The summed E-state index contributed by atoms with van der Waals surface area (Å²) in [4.78, 5) is 4.45. The monoisotopic (exact) mass is 272 g/mol. The molecule has 5 heteroatoms. The number of rotatable bonds is 2. The van der Waals surface area contributed by atoms with Crippen molar-refractivity contribution in [3.05, 3.63) is 22.9 Å². The second-order valence-corrected chi connectivity index (χ2v) is 5.80. The summed E-state index contributed by atoms with van der Waals surface area (Å²) in [5, 5.41) is 12.6. The van der Waals surface area contributed by atoms with Crippen molar-refractivity contribution in [1.82, 2.24) is 4.98 Å². The van der Waals surface area contributed by atoms with E-state index in [4.69, 9.17) is 10.5 Å². The van der Waals surface area contributed by atoms with Crippen LogP contribution >= 0.6 is 0 Å². The second kappa shape index (κ2) is 5.04. The first kappa shape index (κ1) is 13.3. The van der Waals surface area contributed by atoms with Crippen molar-refractivity contribution in [2.45, 2.75) is 44.9 Å². The molecule has 0 radical (unpaired) electrons. The van der Waals surface area contributed by atoms with Crippen LogP contribution < -0.4 is 11.1 Å². The van der Waals surface area contributed by atoms with E-state index < -0.39 is 0 Å². The topological polar surface area (TPSA) is 84.0 Å². The number of anilines is 1. The maximum absolute atomic E-state index is 9.30. The van der Waals surface area contributed by atoms with Crippen molar-refractivity contribution in [3.8, 4) is 6.07 Å². The molecule has 1 aliphatic heterocycles. The Bertz CT molecular complexity index is 566. The maximum Gasteiger partial charge on any atom is 0.144 e. The Hall–Kier alpha value is -1.64. The fourth-order valence-corrected chi connectivity index (χ4v) is 3.37. The number of nitrogens with zero attached hydrogens (tertiary/aromatic N) is 2. The summed E-state index contributed by atoms with van der Waals surface area (Å²) in [6, 6.07) is 4.28. The van der Waals surface area contributed by atoms with Crippen LogP contribution in [0.15, 0.2) is 6.07 Å². The molecule has 0 spiro atoms. The highest BCUT2D eigenvalue weighted by molar-refractivity contribution is 5.57. The van der Waals surface area contributed by atoms with Gasteiger partial charge in [-0.05, 0) is 38.3 Å². The summed E-state index contributed by atoms with van der Waals surface area (Å²) in [7, 11) is 0. The smallest absolute Gasteiger partial charge is 0.144 e. The SMILES string of the molecule is Cc1cc(C)c(C#N)c(NC2C(N)C3CCCOC32)n1. The highest BCUT2D eigenvalue weighted by atomic mass is 16.5. The van der Waals surface area contributed by atoms with Gasteiger partial charge in [-0.1, -0.05) is 0 Å². The zero-order valence-corrected chi connectivity index (χ0v) is 11.9. The number of aromatic nitrogens is 1. The van der Waals surface area contributed by atoms with Gasteiger partial charge in [-0.15, -0.1) is 0 Å². The predicted octanol–water partition coefficient (Wildman–Crippen LogP) is 1.49. The Morgan fingerprint density at radius 1 is 1.50 bits per heavy atom. The lowest BCUT2D eigenvalue weighted by molar-refractivity contribution is -0.104. The molecule has 1 saturated heterocycles. The second-order valence-electron chi connectivity index (χ2n) is 5.80. The molecule has 4 atom stereocenters. The highest BCUT2D eigenvalue weighted by Crippen LogP contribution is 2.38. The number of pyridine rings is 1. The van der Waals surface area contributed by atoms with E-state index in [2.05, 4.69) is 16.4 Å². The molecular weight excluding hydrogens is 252 g/mol. The minimum Gasteiger partial charge on any atom is -0.376 e. The average Bonchev–Trinajstić information content (AvgIpc) is 2.44. The van der Waals surface area contributed by atoms with Crippen LogP contribution in [0, 0.1) is 31.1 Å². The first-order valence-electron chi connectivity index (χ1n) is 7.14. The van der Waals surface area contributed by atoms with Crippen LogP contribution in [-0.2, 0) is 4.74 Å². The summed E-state index contributed by atoms with van der Waals surface area (Å²) >= 11 is 0. The minimum atomic E-state index is 0.0566. The molecule has 0 amide bonds. The summed E-state index contributed by atoms with van der Waals surface area (Å²) in [5.41, 5.74) is 8.68. The van der Waals surface area contributed by atoms with Crippen molar-refractivity contribution in [1.29, 1.82) is 5.26 Å². The molecule has 0 aromatic carbocycles. The lowest BCUT2D eigenvalue weighted by Gasteiger charge is -2.52. The Kier molecular flexibility index (Phi) is 3.36. The number of aryl methyl sites for hydroxylation is 2. The quantitative estimate of drug-likeness (QED) is 0.852. The number of ether oxygens (including phenoxy) is 1. The number of nitrogens with two attached hydrogens (primary N) is 1. The Balaban J connectivity index is 1.83. The largest absolute Gasteiger partial charge is 0.376 e. The number of nitrogens with one attached hydrogen (secondary N) is 1. The predicted molar refractivity (Wildman–Crippen MR) is 76.3 cm³/mol. The Morgan fingerprint density at radius 3 is 3.05 bits per heavy atom. The molecule has 20 heavy (non-hydrogen) atoms. The van der Waals surface area contributed by atoms with Gasteiger partial charge in [0.05, 0.1) is 17.7 Å². The highest BCUT2D eigenvalue weighted by Gasteiger charge is 2.50. The number of hydrogen-bond acceptors (Lipinski definition) is 5. The first-order valence-corrected chi connectivity index (χ1v) is 7.14. The summed E-state index contributed by atoms with van der Waals surface area (Å²) in [6.45, 7) is 4.66. The van der Waals surface area contributed by atoms with Crippen LogP contribution in [-0.4, -0.2) is 29.8 Å². The van der Waals surface area contributed by atoms with Crippen molar-refractivity contribution >= 4 is 5.82 Å². The zero-order valence-electron chi connectivity index (χ0n) is 11.9. The van der Waals surface area contributed by atoms with Gasteiger partial charge in [-0.3, -0.25) is 0 Å². The van der Waals surface area contributed by atoms with Gasteiger partial charge in [0, 0.05) is 24.3 Å². The molecule has 4 unspecified atom stereocenters. The number of nitriles is 1. The standard InChI is InChI=1S/C15H20N4O/c1-8-6-9(2)18-15(11(8)7-16)19-13-12(17)10-4-3-5-20-14(10)13/h6,10,12-14H,3-5,17H2,1-2H3,(H,18,19). The average molecular weight is 272 g/mol. The van der Waals surface area contributed by atoms with Crippen LogP contribution in [0.1, 0.15) is 29.7 Å². The number of fused-ring (bicyclic) bond motifs is 1.